The number of nitrogens with one attached hydrogen (secondary N) is 1. The second kappa shape index (κ2) is 7.42. The van der Waals surface area contributed by atoms with Crippen LogP contribution in [0.25, 0.3) is 0 Å². The van der Waals surface area contributed by atoms with E-state index in [4.69, 9.17) is 10.00 Å². The van der Waals surface area contributed by atoms with E-state index in [9.17, 15) is 4.79 Å². The minimum Gasteiger partial charge on any atom is -0.381 e. The second-order valence-corrected chi connectivity index (χ2v) is 6.19. The summed E-state index contributed by atoms with van der Waals surface area (Å²) in [5, 5.41) is 12.2. The third-order valence-corrected chi connectivity index (χ3v) is 4.56. The number of ether oxygens (including phenoxy) is 1. The number of nitrogens with zero attached hydrogens (tertiary/aromatic N) is 3. The van der Waals surface area contributed by atoms with E-state index in [-0.39, 0.29) is 17.9 Å². The fourth-order valence-corrected chi connectivity index (χ4v) is 3.22. The van der Waals surface area contributed by atoms with E-state index in [2.05, 4.69) is 21.3 Å². The number of carbonyl (C=O) groups is 1. The van der Waals surface area contributed by atoms with Gasteiger partial charge in [0.1, 0.15) is 5.82 Å². The molecule has 0 aromatic carbocycles. The van der Waals surface area contributed by atoms with Crippen molar-refractivity contribution >= 4 is 11.7 Å². The molecule has 0 spiro atoms. The van der Waals surface area contributed by atoms with Crippen molar-refractivity contribution in [2.45, 2.75) is 31.7 Å². The standard InChI is InChI=1S/C17H22N4O2/c18-11-13-3-6-19-16(10-13)21-7-1-2-14(12-21)17(22)20-15-4-8-23-9-5-15/h3,6,10,14-15H,1-2,4-5,7-9,12H2,(H,20,22). The summed E-state index contributed by atoms with van der Waals surface area (Å²) in [7, 11) is 0. The molecule has 1 amide bonds. The summed E-state index contributed by atoms with van der Waals surface area (Å²) < 4.78 is 5.33. The summed E-state index contributed by atoms with van der Waals surface area (Å²) in [4.78, 5) is 19.0. The molecule has 1 aromatic heterocycles. The van der Waals surface area contributed by atoms with Crippen LogP contribution in [0.4, 0.5) is 5.82 Å². The van der Waals surface area contributed by atoms with Gasteiger partial charge in [-0.2, -0.15) is 5.26 Å². The number of hydrogen-bond donors (Lipinski definition) is 1. The van der Waals surface area contributed by atoms with Gasteiger partial charge in [0.25, 0.3) is 0 Å². The Hall–Kier alpha value is -2.13. The van der Waals surface area contributed by atoms with Crippen LogP contribution >= 0.6 is 0 Å². The van der Waals surface area contributed by atoms with Crippen molar-refractivity contribution in [2.75, 3.05) is 31.2 Å². The Kier molecular flexibility index (Phi) is 5.09. The molecule has 3 heterocycles. The van der Waals surface area contributed by atoms with Crippen molar-refractivity contribution in [3.8, 4) is 6.07 Å². The van der Waals surface area contributed by atoms with E-state index >= 15 is 0 Å². The van der Waals surface area contributed by atoms with E-state index in [1.807, 2.05) is 0 Å². The zero-order valence-corrected chi connectivity index (χ0v) is 13.2. The van der Waals surface area contributed by atoms with Gasteiger partial charge in [0.05, 0.1) is 17.6 Å². The lowest BCUT2D eigenvalue weighted by Gasteiger charge is -2.34. The van der Waals surface area contributed by atoms with Crippen LogP contribution in [0.15, 0.2) is 18.3 Å². The first kappa shape index (κ1) is 15.8. The average Bonchev–Trinajstić information content (AvgIpc) is 2.63. The van der Waals surface area contributed by atoms with Gasteiger partial charge in [-0.25, -0.2) is 4.98 Å². The number of rotatable bonds is 3. The van der Waals surface area contributed by atoms with Gasteiger partial charge in [-0.05, 0) is 37.8 Å². The quantitative estimate of drug-likeness (QED) is 0.914. The Labute approximate surface area is 136 Å². The monoisotopic (exact) mass is 314 g/mol. The molecule has 1 unspecified atom stereocenters. The third-order valence-electron chi connectivity index (χ3n) is 4.56. The topological polar surface area (TPSA) is 78.2 Å². The number of hydrogen-bond acceptors (Lipinski definition) is 5. The number of anilines is 1. The Balaban J connectivity index is 1.61. The Morgan fingerprint density at radius 1 is 1.39 bits per heavy atom. The summed E-state index contributed by atoms with van der Waals surface area (Å²) in [5.74, 6) is 0.907. The van der Waals surface area contributed by atoms with Gasteiger partial charge >= 0.3 is 0 Å². The molecule has 122 valence electrons. The maximum Gasteiger partial charge on any atom is 0.225 e. The molecule has 6 heteroatoms. The lowest BCUT2D eigenvalue weighted by molar-refractivity contribution is -0.126. The molecular weight excluding hydrogens is 292 g/mol. The number of aromatic nitrogens is 1. The molecule has 0 radical (unpaired) electrons. The zero-order valence-electron chi connectivity index (χ0n) is 13.2. The van der Waals surface area contributed by atoms with Gasteiger partial charge in [0.2, 0.25) is 5.91 Å². The fourth-order valence-electron chi connectivity index (χ4n) is 3.22. The third kappa shape index (κ3) is 3.99. The first-order valence-corrected chi connectivity index (χ1v) is 8.25. The largest absolute Gasteiger partial charge is 0.381 e. The predicted octanol–water partition coefficient (Wildman–Crippen LogP) is 1.46. The molecule has 2 aliphatic rings. The molecular formula is C17H22N4O2. The first-order valence-electron chi connectivity index (χ1n) is 8.25. The lowest BCUT2D eigenvalue weighted by Crippen LogP contribution is -2.47. The van der Waals surface area contributed by atoms with E-state index in [1.54, 1.807) is 18.3 Å². The maximum absolute atomic E-state index is 12.5. The highest BCUT2D eigenvalue weighted by Gasteiger charge is 2.28. The molecule has 0 bridgehead atoms. The zero-order chi connectivity index (χ0) is 16.1. The number of amides is 1. The van der Waals surface area contributed by atoms with Crippen molar-refractivity contribution in [2.24, 2.45) is 5.92 Å². The van der Waals surface area contributed by atoms with Crippen molar-refractivity contribution in [1.82, 2.24) is 10.3 Å². The van der Waals surface area contributed by atoms with E-state index < -0.39 is 0 Å². The molecule has 23 heavy (non-hydrogen) atoms. The molecule has 0 saturated carbocycles. The van der Waals surface area contributed by atoms with Crippen LogP contribution in [0, 0.1) is 17.2 Å². The number of nitriles is 1. The number of carbonyl (C=O) groups excluding carboxylic acids is 1. The number of pyridine rings is 1. The van der Waals surface area contributed by atoms with Crippen LogP contribution in [0.5, 0.6) is 0 Å². The fraction of sp³-hybridized carbons (Fsp3) is 0.588. The van der Waals surface area contributed by atoms with E-state index in [0.29, 0.717) is 12.1 Å². The van der Waals surface area contributed by atoms with Gasteiger partial charge < -0.3 is 15.0 Å². The van der Waals surface area contributed by atoms with Crippen molar-refractivity contribution in [3.05, 3.63) is 23.9 Å². The summed E-state index contributed by atoms with van der Waals surface area (Å²) in [6.45, 7) is 3.00. The van der Waals surface area contributed by atoms with E-state index in [1.165, 1.54) is 0 Å². The predicted molar refractivity (Wildman–Crippen MR) is 85.9 cm³/mol. The minimum absolute atomic E-state index is 0.0147. The van der Waals surface area contributed by atoms with Gasteiger partial charge in [-0.1, -0.05) is 0 Å². The SMILES string of the molecule is N#Cc1ccnc(N2CCCC(C(=O)NC3CCOCC3)C2)c1. The highest BCUT2D eigenvalue weighted by atomic mass is 16.5. The molecule has 1 aromatic rings. The Morgan fingerprint density at radius 3 is 3.00 bits per heavy atom. The van der Waals surface area contributed by atoms with Crippen LogP contribution in [-0.4, -0.2) is 43.2 Å². The number of piperidine rings is 1. The van der Waals surface area contributed by atoms with E-state index in [0.717, 1.165) is 51.3 Å². The summed E-state index contributed by atoms with van der Waals surface area (Å²) >= 11 is 0. The second-order valence-electron chi connectivity index (χ2n) is 6.19. The molecule has 3 rings (SSSR count). The highest BCUT2D eigenvalue weighted by molar-refractivity contribution is 5.79. The first-order chi connectivity index (χ1) is 11.3. The van der Waals surface area contributed by atoms with Crippen molar-refractivity contribution in [1.29, 1.82) is 5.26 Å². The van der Waals surface area contributed by atoms with Crippen LogP contribution in [0.3, 0.4) is 0 Å². The van der Waals surface area contributed by atoms with Gasteiger partial charge in [-0.3, -0.25) is 4.79 Å². The normalized spacial score (nSPS) is 22.4. The lowest BCUT2D eigenvalue weighted by atomic mass is 9.96. The maximum atomic E-state index is 12.5. The Morgan fingerprint density at radius 2 is 2.22 bits per heavy atom. The minimum atomic E-state index is -0.0147. The summed E-state index contributed by atoms with van der Waals surface area (Å²) in [6, 6.07) is 5.87. The highest BCUT2D eigenvalue weighted by Crippen LogP contribution is 2.22. The van der Waals surface area contributed by atoms with Crippen LogP contribution in [0.1, 0.15) is 31.2 Å². The van der Waals surface area contributed by atoms with Crippen molar-refractivity contribution < 1.29 is 9.53 Å². The molecule has 2 saturated heterocycles. The molecule has 1 atom stereocenters. The molecule has 2 fully saturated rings. The molecule has 0 aliphatic carbocycles. The summed E-state index contributed by atoms with van der Waals surface area (Å²) in [5.41, 5.74) is 0.601. The van der Waals surface area contributed by atoms with Gasteiger partial charge in [0, 0.05) is 38.5 Å². The van der Waals surface area contributed by atoms with Gasteiger partial charge in [0.15, 0.2) is 0 Å². The summed E-state index contributed by atoms with van der Waals surface area (Å²) in [6.07, 6.45) is 5.31. The van der Waals surface area contributed by atoms with Crippen molar-refractivity contribution in [3.63, 3.8) is 0 Å². The Bertz CT molecular complexity index is 593. The van der Waals surface area contributed by atoms with Crippen LogP contribution in [0.2, 0.25) is 0 Å². The average molecular weight is 314 g/mol. The molecule has 2 aliphatic heterocycles. The molecule has 1 N–H and O–H groups in total. The van der Waals surface area contributed by atoms with Crippen LogP contribution in [-0.2, 0) is 9.53 Å². The van der Waals surface area contributed by atoms with Gasteiger partial charge in [-0.15, -0.1) is 0 Å². The molecule has 6 nitrogen and oxygen atoms in total. The van der Waals surface area contributed by atoms with Crippen LogP contribution < -0.4 is 10.2 Å². The smallest absolute Gasteiger partial charge is 0.225 e.